The maximum Gasteiger partial charge on any atom is 0.310 e. The number of unbranched alkanes of at least 4 members (excludes halogenated alkanes) is 1. The molecule has 1 saturated heterocycles. The number of anilines is 1. The van der Waals surface area contributed by atoms with Gasteiger partial charge in [0, 0.05) is 24.8 Å². The zero-order valence-electron chi connectivity index (χ0n) is 21.1. The molecule has 192 valence electrons. The molecule has 1 fully saturated rings. The lowest BCUT2D eigenvalue weighted by atomic mass is 9.69. The van der Waals surface area contributed by atoms with Gasteiger partial charge in [0.1, 0.15) is 6.04 Å². The minimum Gasteiger partial charge on any atom is -0.466 e. The molecule has 2 amide bonds. The quantitative estimate of drug-likeness (QED) is 0.295. The molecule has 36 heavy (non-hydrogen) atoms. The molecule has 2 aromatic carbocycles. The molecule has 1 aliphatic heterocycles. The number of carbonyl (C=O) groups is 3. The molecule has 1 heterocycles. The van der Waals surface area contributed by atoms with E-state index >= 15 is 0 Å². The molecule has 0 aromatic heterocycles. The summed E-state index contributed by atoms with van der Waals surface area (Å²) in [7, 11) is 0. The highest BCUT2D eigenvalue weighted by Crippen LogP contribution is 2.46. The van der Waals surface area contributed by atoms with Crippen molar-refractivity contribution >= 4 is 34.2 Å². The van der Waals surface area contributed by atoms with Crippen LogP contribution in [0.3, 0.4) is 0 Å². The summed E-state index contributed by atoms with van der Waals surface area (Å²) in [5, 5.41) is 14.4. The van der Waals surface area contributed by atoms with Crippen molar-refractivity contribution in [3.63, 3.8) is 0 Å². The zero-order valence-corrected chi connectivity index (χ0v) is 21.1. The topological polar surface area (TPSA) is 95.9 Å². The summed E-state index contributed by atoms with van der Waals surface area (Å²) in [5.74, 6) is -2.57. The Hall–Kier alpha value is -3.19. The molecule has 2 aromatic rings. The van der Waals surface area contributed by atoms with Gasteiger partial charge in [-0.25, -0.2) is 0 Å². The van der Waals surface area contributed by atoms with Crippen molar-refractivity contribution in [3.05, 3.63) is 54.6 Å². The van der Waals surface area contributed by atoms with Gasteiger partial charge in [-0.15, -0.1) is 0 Å². The van der Waals surface area contributed by atoms with E-state index in [1.54, 1.807) is 11.8 Å². The highest BCUT2D eigenvalue weighted by molar-refractivity contribution is 6.02. The first-order valence-electron chi connectivity index (χ1n) is 13.1. The number of aliphatic hydroxyl groups excluding tert-OH is 1. The Balaban J connectivity index is 1.66. The third kappa shape index (κ3) is 5.16. The normalized spacial score (nSPS) is 25.1. The summed E-state index contributed by atoms with van der Waals surface area (Å²) >= 11 is 0. The van der Waals surface area contributed by atoms with Crippen molar-refractivity contribution in [2.75, 3.05) is 25.1 Å². The number of fused-ring (bicyclic) bond motifs is 2. The summed E-state index contributed by atoms with van der Waals surface area (Å²) < 4.78 is 5.40. The second kappa shape index (κ2) is 11.7. The highest BCUT2D eigenvalue weighted by Gasteiger charge is 2.57. The second-order valence-corrected chi connectivity index (χ2v) is 9.68. The summed E-state index contributed by atoms with van der Waals surface area (Å²) in [4.78, 5) is 42.2. The number of benzene rings is 2. The lowest BCUT2D eigenvalue weighted by Crippen LogP contribution is -2.44. The monoisotopic (exact) mass is 492 g/mol. The fourth-order valence-corrected chi connectivity index (χ4v) is 5.78. The molecular formula is C29H36N2O5. The summed E-state index contributed by atoms with van der Waals surface area (Å²) in [6.45, 7) is 4.44. The third-order valence-corrected chi connectivity index (χ3v) is 7.39. The van der Waals surface area contributed by atoms with E-state index in [1.807, 2.05) is 54.6 Å². The van der Waals surface area contributed by atoms with Crippen LogP contribution in [0.5, 0.6) is 0 Å². The Morgan fingerprint density at radius 2 is 1.83 bits per heavy atom. The molecule has 0 saturated carbocycles. The van der Waals surface area contributed by atoms with Gasteiger partial charge in [-0.2, -0.15) is 0 Å². The van der Waals surface area contributed by atoms with E-state index in [9.17, 15) is 19.5 Å². The molecule has 7 heteroatoms. The lowest BCUT2D eigenvalue weighted by Gasteiger charge is -2.33. The minimum absolute atomic E-state index is 0.0206. The van der Waals surface area contributed by atoms with Gasteiger partial charge < -0.3 is 20.1 Å². The summed E-state index contributed by atoms with van der Waals surface area (Å²) in [6, 6.07) is 12.9. The van der Waals surface area contributed by atoms with Crippen molar-refractivity contribution in [1.29, 1.82) is 0 Å². The lowest BCUT2D eigenvalue weighted by molar-refractivity contribution is -0.155. The first-order chi connectivity index (χ1) is 17.5. The van der Waals surface area contributed by atoms with Crippen LogP contribution in [0.4, 0.5) is 5.69 Å². The van der Waals surface area contributed by atoms with Crippen molar-refractivity contribution < 1.29 is 24.2 Å². The molecule has 5 atom stereocenters. The van der Waals surface area contributed by atoms with Crippen LogP contribution in [-0.2, 0) is 19.1 Å². The Labute approximate surface area is 212 Å². The standard InChI is InChI=1S/C29H36N2O5/c1-3-9-20-13-15-23-25(24(20)29(35)36-4-2)28(34)31(16-7-8-17-32)26(23)27(33)30-22-14-12-19-10-5-6-11-21(19)18-22/h5-6,10-15,18,20,23-26,32H,3-4,7-9,16-17H2,1-2H3,(H,30,33)/t20-,23+,24-,25+,26+/m1/s1. The van der Waals surface area contributed by atoms with Crippen LogP contribution in [0.15, 0.2) is 54.6 Å². The van der Waals surface area contributed by atoms with Crippen LogP contribution in [0, 0.1) is 23.7 Å². The molecule has 2 aliphatic rings. The number of allylic oxidation sites excluding steroid dienone is 1. The number of esters is 1. The Bertz CT molecular complexity index is 1130. The molecule has 4 rings (SSSR count). The van der Waals surface area contributed by atoms with E-state index < -0.39 is 23.8 Å². The van der Waals surface area contributed by atoms with Crippen molar-refractivity contribution in [2.24, 2.45) is 23.7 Å². The Morgan fingerprint density at radius 3 is 2.56 bits per heavy atom. The van der Waals surface area contributed by atoms with E-state index in [1.165, 1.54) is 0 Å². The maximum atomic E-state index is 13.8. The van der Waals surface area contributed by atoms with E-state index in [-0.39, 0.29) is 36.9 Å². The molecule has 0 bridgehead atoms. The summed E-state index contributed by atoms with van der Waals surface area (Å²) in [5.41, 5.74) is 0.662. The third-order valence-electron chi connectivity index (χ3n) is 7.39. The van der Waals surface area contributed by atoms with Crippen molar-refractivity contribution in [1.82, 2.24) is 4.90 Å². The number of aliphatic hydroxyl groups is 1. The van der Waals surface area contributed by atoms with Gasteiger partial charge in [-0.3, -0.25) is 14.4 Å². The number of ether oxygens (including phenoxy) is 1. The SMILES string of the molecule is CCC[C@@H]1C=C[C@H]2[C@H](C(=O)N(CCCCO)[C@@H]2C(=O)Nc2ccc3ccccc3c2)[C@@H]1C(=O)OCC. The number of hydrogen-bond donors (Lipinski definition) is 2. The number of nitrogens with one attached hydrogen (secondary N) is 1. The van der Waals surface area contributed by atoms with E-state index in [0.717, 1.165) is 23.6 Å². The van der Waals surface area contributed by atoms with Gasteiger partial charge in [0.25, 0.3) is 0 Å². The Kier molecular flexibility index (Phi) is 8.41. The molecule has 7 nitrogen and oxygen atoms in total. The van der Waals surface area contributed by atoms with Crippen LogP contribution in [0.25, 0.3) is 10.8 Å². The molecule has 0 radical (unpaired) electrons. The van der Waals surface area contributed by atoms with Gasteiger partial charge in [0.05, 0.1) is 18.4 Å². The minimum atomic E-state index is -0.733. The summed E-state index contributed by atoms with van der Waals surface area (Å²) in [6.07, 6.45) is 6.74. The van der Waals surface area contributed by atoms with Gasteiger partial charge in [-0.1, -0.05) is 55.8 Å². The number of carbonyl (C=O) groups excluding carboxylic acids is 3. The van der Waals surface area contributed by atoms with Crippen molar-refractivity contribution in [2.45, 2.75) is 45.6 Å². The number of amides is 2. The number of likely N-dealkylation sites (tertiary alicyclic amines) is 1. The van der Waals surface area contributed by atoms with Crippen LogP contribution >= 0.6 is 0 Å². The van der Waals surface area contributed by atoms with Gasteiger partial charge in [0.2, 0.25) is 11.8 Å². The fraction of sp³-hybridized carbons (Fsp3) is 0.483. The second-order valence-electron chi connectivity index (χ2n) is 9.68. The highest BCUT2D eigenvalue weighted by atomic mass is 16.5. The average molecular weight is 493 g/mol. The van der Waals surface area contributed by atoms with E-state index in [2.05, 4.69) is 12.2 Å². The van der Waals surface area contributed by atoms with E-state index in [0.29, 0.717) is 25.1 Å². The van der Waals surface area contributed by atoms with Crippen molar-refractivity contribution in [3.8, 4) is 0 Å². The molecule has 0 unspecified atom stereocenters. The smallest absolute Gasteiger partial charge is 0.310 e. The van der Waals surface area contributed by atoms with Crippen LogP contribution in [-0.4, -0.2) is 53.6 Å². The zero-order chi connectivity index (χ0) is 25.7. The van der Waals surface area contributed by atoms with E-state index in [4.69, 9.17) is 4.74 Å². The molecule has 2 N–H and O–H groups in total. The predicted molar refractivity (Wildman–Crippen MR) is 139 cm³/mol. The first-order valence-corrected chi connectivity index (χ1v) is 13.1. The predicted octanol–water partition coefficient (Wildman–Crippen LogP) is 4.16. The molecule has 1 aliphatic carbocycles. The first kappa shape index (κ1) is 25.9. The molecular weight excluding hydrogens is 456 g/mol. The van der Waals surface area contributed by atoms with Crippen LogP contribution in [0.2, 0.25) is 0 Å². The number of nitrogens with zero attached hydrogens (tertiary/aromatic N) is 1. The van der Waals surface area contributed by atoms with Gasteiger partial charge in [0.15, 0.2) is 0 Å². The molecule has 0 spiro atoms. The Morgan fingerprint density at radius 1 is 1.06 bits per heavy atom. The maximum absolute atomic E-state index is 13.8. The van der Waals surface area contributed by atoms with Gasteiger partial charge >= 0.3 is 5.97 Å². The number of hydrogen-bond acceptors (Lipinski definition) is 5. The van der Waals surface area contributed by atoms with Gasteiger partial charge in [-0.05, 0) is 55.0 Å². The number of rotatable bonds is 10. The van der Waals surface area contributed by atoms with Crippen LogP contribution < -0.4 is 5.32 Å². The average Bonchev–Trinajstić information content (AvgIpc) is 3.16. The largest absolute Gasteiger partial charge is 0.466 e. The van der Waals surface area contributed by atoms with Crippen LogP contribution in [0.1, 0.15) is 39.5 Å². The fourth-order valence-electron chi connectivity index (χ4n) is 5.78.